The largest absolute Gasteiger partial charge is 0.338 e. The standard InChI is InChI=1S/C12H15ClN4O/c13-9-2-1-3-10(8-9)17-11(18)15-12(16-17)4-6-14-7-5-12/h1-3,8,14,16H,4-7H2,(H,15,18). The van der Waals surface area contributed by atoms with Crippen molar-refractivity contribution in [2.24, 2.45) is 0 Å². The fourth-order valence-corrected chi connectivity index (χ4v) is 2.63. The van der Waals surface area contributed by atoms with E-state index in [1.807, 2.05) is 12.1 Å². The molecule has 1 aromatic rings. The summed E-state index contributed by atoms with van der Waals surface area (Å²) in [6.07, 6.45) is 1.74. The molecule has 2 amide bonds. The molecule has 0 atom stereocenters. The van der Waals surface area contributed by atoms with Crippen LogP contribution in [0, 0.1) is 0 Å². The highest BCUT2D eigenvalue weighted by Crippen LogP contribution is 2.26. The Labute approximate surface area is 110 Å². The predicted octanol–water partition coefficient (Wildman–Crippen LogP) is 1.45. The molecule has 5 nitrogen and oxygen atoms in total. The molecule has 0 radical (unpaired) electrons. The average Bonchev–Trinajstić information content (AvgIpc) is 2.67. The first-order valence-corrected chi connectivity index (χ1v) is 6.43. The Kier molecular flexibility index (Phi) is 2.89. The third-order valence-electron chi connectivity index (χ3n) is 3.40. The van der Waals surface area contributed by atoms with Gasteiger partial charge in [0.15, 0.2) is 0 Å². The van der Waals surface area contributed by atoms with Gasteiger partial charge >= 0.3 is 6.03 Å². The second-order valence-electron chi connectivity index (χ2n) is 4.69. The molecule has 0 aromatic heterocycles. The Morgan fingerprint density at radius 1 is 1.28 bits per heavy atom. The van der Waals surface area contributed by atoms with Crippen LogP contribution in [0.2, 0.25) is 5.02 Å². The van der Waals surface area contributed by atoms with Crippen molar-refractivity contribution in [3.63, 3.8) is 0 Å². The summed E-state index contributed by atoms with van der Waals surface area (Å²) in [7, 11) is 0. The number of rotatable bonds is 1. The molecule has 1 aromatic carbocycles. The van der Waals surface area contributed by atoms with Crippen molar-refractivity contribution in [1.29, 1.82) is 0 Å². The maximum Gasteiger partial charge on any atom is 0.338 e. The average molecular weight is 267 g/mol. The van der Waals surface area contributed by atoms with Crippen LogP contribution in [0.4, 0.5) is 10.5 Å². The number of hydrogen-bond acceptors (Lipinski definition) is 3. The van der Waals surface area contributed by atoms with Crippen molar-refractivity contribution < 1.29 is 4.79 Å². The fourth-order valence-electron chi connectivity index (χ4n) is 2.44. The van der Waals surface area contributed by atoms with Gasteiger partial charge in [-0.3, -0.25) is 0 Å². The minimum Gasteiger partial charge on any atom is -0.317 e. The summed E-state index contributed by atoms with van der Waals surface area (Å²) in [6.45, 7) is 1.80. The Bertz CT molecular complexity index is 473. The molecular formula is C12H15ClN4O. The number of nitrogens with one attached hydrogen (secondary N) is 3. The molecule has 96 valence electrons. The quantitative estimate of drug-likeness (QED) is 0.721. The van der Waals surface area contributed by atoms with Gasteiger partial charge in [0.1, 0.15) is 5.66 Å². The zero-order valence-corrected chi connectivity index (χ0v) is 10.6. The van der Waals surface area contributed by atoms with Gasteiger partial charge in [0.05, 0.1) is 5.69 Å². The summed E-state index contributed by atoms with van der Waals surface area (Å²) in [6, 6.07) is 7.13. The van der Waals surface area contributed by atoms with Crippen LogP contribution >= 0.6 is 11.6 Å². The number of piperidine rings is 1. The van der Waals surface area contributed by atoms with Gasteiger partial charge in [0, 0.05) is 5.02 Å². The predicted molar refractivity (Wildman–Crippen MR) is 70.4 cm³/mol. The molecule has 18 heavy (non-hydrogen) atoms. The zero-order valence-electron chi connectivity index (χ0n) is 9.87. The van der Waals surface area contributed by atoms with Gasteiger partial charge in [-0.15, -0.1) is 0 Å². The van der Waals surface area contributed by atoms with Gasteiger partial charge < -0.3 is 10.6 Å². The highest BCUT2D eigenvalue weighted by molar-refractivity contribution is 6.30. The van der Waals surface area contributed by atoms with Gasteiger partial charge in [0.25, 0.3) is 0 Å². The molecule has 0 aliphatic carbocycles. The summed E-state index contributed by atoms with van der Waals surface area (Å²) in [5.74, 6) is 0. The second kappa shape index (κ2) is 4.42. The van der Waals surface area contributed by atoms with Crippen molar-refractivity contribution in [2.45, 2.75) is 18.5 Å². The van der Waals surface area contributed by atoms with Crippen LogP contribution in [0.1, 0.15) is 12.8 Å². The Morgan fingerprint density at radius 3 is 2.78 bits per heavy atom. The lowest BCUT2D eigenvalue weighted by atomic mass is 10.00. The molecule has 6 heteroatoms. The summed E-state index contributed by atoms with van der Waals surface area (Å²) < 4.78 is 0. The van der Waals surface area contributed by atoms with Crippen molar-refractivity contribution >= 4 is 23.3 Å². The maximum atomic E-state index is 12.0. The molecule has 2 aliphatic rings. The molecule has 0 bridgehead atoms. The van der Waals surface area contributed by atoms with E-state index in [-0.39, 0.29) is 11.7 Å². The van der Waals surface area contributed by atoms with Crippen molar-refractivity contribution in [1.82, 2.24) is 16.1 Å². The Morgan fingerprint density at radius 2 is 2.06 bits per heavy atom. The smallest absolute Gasteiger partial charge is 0.317 e. The zero-order chi connectivity index (χ0) is 12.6. The molecule has 2 saturated heterocycles. The molecule has 3 N–H and O–H groups in total. The van der Waals surface area contributed by atoms with Crippen LogP contribution in [0.15, 0.2) is 24.3 Å². The number of nitrogens with zero attached hydrogens (tertiary/aromatic N) is 1. The van der Waals surface area contributed by atoms with Gasteiger partial charge in [-0.05, 0) is 44.1 Å². The van der Waals surface area contributed by atoms with E-state index in [1.54, 1.807) is 12.1 Å². The minimum absolute atomic E-state index is 0.126. The first-order valence-electron chi connectivity index (χ1n) is 6.05. The molecule has 0 unspecified atom stereocenters. The van der Waals surface area contributed by atoms with Crippen LogP contribution in [0.25, 0.3) is 0 Å². The molecule has 3 rings (SSSR count). The topological polar surface area (TPSA) is 56.4 Å². The van der Waals surface area contributed by atoms with Crippen molar-refractivity contribution in [3.05, 3.63) is 29.3 Å². The highest BCUT2D eigenvalue weighted by Gasteiger charge is 2.43. The fraction of sp³-hybridized carbons (Fsp3) is 0.417. The van der Waals surface area contributed by atoms with Crippen LogP contribution in [-0.4, -0.2) is 24.8 Å². The summed E-state index contributed by atoms with van der Waals surface area (Å²) in [5, 5.41) is 8.47. The van der Waals surface area contributed by atoms with Crippen molar-refractivity contribution in [2.75, 3.05) is 18.1 Å². The number of halogens is 1. The van der Waals surface area contributed by atoms with E-state index in [0.717, 1.165) is 31.6 Å². The highest BCUT2D eigenvalue weighted by atomic mass is 35.5. The van der Waals surface area contributed by atoms with E-state index >= 15 is 0 Å². The van der Waals surface area contributed by atoms with E-state index in [4.69, 9.17) is 11.6 Å². The minimum atomic E-state index is -0.315. The number of urea groups is 1. The Hall–Kier alpha value is -1.30. The molecule has 2 fully saturated rings. The van der Waals surface area contributed by atoms with E-state index in [2.05, 4.69) is 16.1 Å². The van der Waals surface area contributed by atoms with E-state index in [1.165, 1.54) is 5.01 Å². The van der Waals surface area contributed by atoms with Crippen LogP contribution in [0.5, 0.6) is 0 Å². The lowest BCUT2D eigenvalue weighted by Gasteiger charge is -2.33. The Balaban J connectivity index is 1.84. The third kappa shape index (κ3) is 2.05. The number of amides is 2. The lowest BCUT2D eigenvalue weighted by Crippen LogP contribution is -2.57. The molecule has 1 spiro atoms. The monoisotopic (exact) mass is 266 g/mol. The molecule has 0 saturated carbocycles. The van der Waals surface area contributed by atoms with Crippen molar-refractivity contribution in [3.8, 4) is 0 Å². The number of hydrogen-bond donors (Lipinski definition) is 3. The van der Waals surface area contributed by atoms with E-state index in [0.29, 0.717) is 5.02 Å². The van der Waals surface area contributed by atoms with Crippen LogP contribution in [-0.2, 0) is 0 Å². The summed E-state index contributed by atoms with van der Waals surface area (Å²) in [5.41, 5.74) is 3.72. The van der Waals surface area contributed by atoms with E-state index in [9.17, 15) is 4.79 Å². The van der Waals surface area contributed by atoms with E-state index < -0.39 is 0 Å². The van der Waals surface area contributed by atoms with Crippen LogP contribution in [0.3, 0.4) is 0 Å². The summed E-state index contributed by atoms with van der Waals surface area (Å²) >= 11 is 5.95. The van der Waals surface area contributed by atoms with Gasteiger partial charge in [-0.1, -0.05) is 17.7 Å². The summed E-state index contributed by atoms with van der Waals surface area (Å²) in [4.78, 5) is 12.0. The number of anilines is 1. The van der Waals surface area contributed by atoms with Crippen LogP contribution < -0.4 is 21.1 Å². The van der Waals surface area contributed by atoms with Gasteiger partial charge in [0.2, 0.25) is 0 Å². The van der Waals surface area contributed by atoms with Gasteiger partial charge in [-0.25, -0.2) is 15.2 Å². The maximum absolute atomic E-state index is 12.0. The second-order valence-corrected chi connectivity index (χ2v) is 5.13. The molecule has 2 aliphatic heterocycles. The SMILES string of the molecule is O=C1NC2(CCNCC2)NN1c1cccc(Cl)c1. The first kappa shape index (κ1) is 11.8. The first-order chi connectivity index (χ1) is 8.69. The normalized spacial score (nSPS) is 22.3. The number of benzene rings is 1. The molecule has 2 heterocycles. The number of carbonyl (C=O) groups is 1. The number of hydrazine groups is 1. The number of carbonyl (C=O) groups excluding carboxylic acids is 1. The molecular weight excluding hydrogens is 252 g/mol. The lowest BCUT2D eigenvalue weighted by molar-refractivity contribution is 0.229. The van der Waals surface area contributed by atoms with Gasteiger partial charge in [-0.2, -0.15) is 0 Å². The third-order valence-corrected chi connectivity index (χ3v) is 3.63.